The van der Waals surface area contributed by atoms with E-state index in [9.17, 15) is 9.59 Å². The van der Waals surface area contributed by atoms with Gasteiger partial charge in [0.1, 0.15) is 11.3 Å². The molecule has 0 radical (unpaired) electrons. The van der Waals surface area contributed by atoms with Crippen molar-refractivity contribution >= 4 is 28.7 Å². The van der Waals surface area contributed by atoms with Crippen LogP contribution < -0.4 is 0 Å². The van der Waals surface area contributed by atoms with Gasteiger partial charge in [0, 0.05) is 16.7 Å². The van der Waals surface area contributed by atoms with Crippen molar-refractivity contribution in [2.75, 3.05) is 0 Å². The van der Waals surface area contributed by atoms with Gasteiger partial charge in [0.15, 0.2) is 11.6 Å². The molecule has 0 atom stereocenters. The highest BCUT2D eigenvalue weighted by Crippen LogP contribution is 2.31. The average Bonchev–Trinajstić information content (AvgIpc) is 3.00. The minimum atomic E-state index is -0.140. The molecule has 0 aliphatic heterocycles. The molecule has 4 nitrogen and oxygen atoms in total. The molecular weight excluding hydrogens is 288 g/mol. The number of carbonyl (C=O) groups excluding carboxylic acids is 2. The van der Waals surface area contributed by atoms with Crippen LogP contribution in [-0.2, 0) is 0 Å². The van der Waals surface area contributed by atoms with E-state index in [4.69, 9.17) is 0 Å². The van der Waals surface area contributed by atoms with Crippen LogP contribution in [-0.4, -0.2) is 21.5 Å². The number of carbonyl (C=O) groups is 2. The minimum Gasteiger partial charge on any atom is -0.338 e. The molecule has 3 aromatic rings. The Labute approximate surface area is 132 Å². The summed E-state index contributed by atoms with van der Waals surface area (Å²) in [5.74, 6) is 0.429. The van der Waals surface area contributed by atoms with E-state index in [0.29, 0.717) is 33.6 Å². The van der Waals surface area contributed by atoms with Gasteiger partial charge in [-0.2, -0.15) is 0 Å². The van der Waals surface area contributed by atoms with Gasteiger partial charge in [-0.05, 0) is 24.6 Å². The molecule has 1 aliphatic rings. The lowest BCUT2D eigenvalue weighted by Crippen LogP contribution is -2.21. The number of ketones is 2. The summed E-state index contributed by atoms with van der Waals surface area (Å²) in [5.41, 5.74) is 3.07. The van der Waals surface area contributed by atoms with E-state index in [1.165, 1.54) is 0 Å². The lowest BCUT2D eigenvalue weighted by Gasteiger charge is -2.17. The van der Waals surface area contributed by atoms with Crippen molar-refractivity contribution in [2.24, 2.45) is 0 Å². The van der Waals surface area contributed by atoms with Crippen molar-refractivity contribution in [2.45, 2.75) is 13.3 Å². The van der Waals surface area contributed by atoms with Gasteiger partial charge in [-0.15, -0.1) is 0 Å². The molecule has 0 spiro atoms. The molecule has 1 N–H and O–H groups in total. The Bertz CT molecular complexity index is 996. The first-order valence-corrected chi connectivity index (χ1v) is 7.58. The number of hydrogen-bond acceptors (Lipinski definition) is 3. The van der Waals surface area contributed by atoms with Crippen LogP contribution in [0.1, 0.15) is 51.0 Å². The van der Waals surface area contributed by atoms with Crippen molar-refractivity contribution in [3.05, 3.63) is 70.6 Å². The number of allylic oxidation sites excluding steroid dienone is 1. The molecule has 112 valence electrons. The molecule has 1 heterocycles. The molecule has 0 fully saturated rings. The van der Waals surface area contributed by atoms with E-state index in [-0.39, 0.29) is 11.6 Å². The Morgan fingerprint density at radius 3 is 2.48 bits per heavy atom. The molecule has 0 saturated carbocycles. The highest BCUT2D eigenvalue weighted by atomic mass is 16.1. The van der Waals surface area contributed by atoms with Gasteiger partial charge in [-0.3, -0.25) is 9.59 Å². The van der Waals surface area contributed by atoms with E-state index in [2.05, 4.69) is 9.97 Å². The summed E-state index contributed by atoms with van der Waals surface area (Å²) in [6.45, 7) is 2.04. The topological polar surface area (TPSA) is 62.8 Å². The number of nitrogens with zero attached hydrogens (tertiary/aromatic N) is 1. The minimum absolute atomic E-state index is 0.120. The first-order chi connectivity index (χ1) is 11.2. The molecule has 0 unspecified atom stereocenters. The number of aromatic nitrogens is 2. The van der Waals surface area contributed by atoms with Crippen LogP contribution in [0.2, 0.25) is 0 Å². The molecule has 0 amide bonds. The Hall–Kier alpha value is -3.01. The van der Waals surface area contributed by atoms with Crippen molar-refractivity contribution in [1.82, 2.24) is 9.97 Å². The van der Waals surface area contributed by atoms with Gasteiger partial charge in [0.2, 0.25) is 0 Å². The number of nitrogens with one attached hydrogen (secondary N) is 1. The van der Waals surface area contributed by atoms with Gasteiger partial charge in [-0.1, -0.05) is 37.3 Å². The van der Waals surface area contributed by atoms with Crippen LogP contribution in [0.25, 0.3) is 17.1 Å². The lowest BCUT2D eigenvalue weighted by molar-refractivity contribution is 0.0980. The third-order valence-corrected chi connectivity index (χ3v) is 4.07. The van der Waals surface area contributed by atoms with Crippen LogP contribution in [0, 0.1) is 0 Å². The highest BCUT2D eigenvalue weighted by molar-refractivity contribution is 6.31. The number of rotatable bonds is 2. The summed E-state index contributed by atoms with van der Waals surface area (Å²) in [4.78, 5) is 33.2. The van der Waals surface area contributed by atoms with Crippen LogP contribution >= 0.6 is 0 Å². The normalized spacial score (nSPS) is 13.6. The molecule has 4 heteroatoms. The highest BCUT2D eigenvalue weighted by Gasteiger charge is 2.31. The molecule has 1 aliphatic carbocycles. The number of benzene rings is 2. The molecular formula is C19H14N2O2. The third-order valence-electron chi connectivity index (χ3n) is 4.07. The van der Waals surface area contributed by atoms with Crippen LogP contribution in [0.3, 0.4) is 0 Å². The average molecular weight is 302 g/mol. The zero-order valence-corrected chi connectivity index (χ0v) is 12.6. The van der Waals surface area contributed by atoms with Crippen LogP contribution in [0.4, 0.5) is 0 Å². The molecule has 1 aromatic heterocycles. The van der Waals surface area contributed by atoms with Crippen molar-refractivity contribution in [1.29, 1.82) is 0 Å². The fourth-order valence-corrected chi connectivity index (χ4v) is 2.98. The Morgan fingerprint density at radius 1 is 1.00 bits per heavy atom. The number of H-pyrrole nitrogens is 1. The van der Waals surface area contributed by atoms with Gasteiger partial charge in [0.25, 0.3) is 0 Å². The van der Waals surface area contributed by atoms with E-state index in [1.54, 1.807) is 30.3 Å². The number of hydrogen-bond donors (Lipinski definition) is 1. The number of imidazole rings is 1. The van der Waals surface area contributed by atoms with E-state index >= 15 is 0 Å². The molecule has 0 bridgehead atoms. The van der Waals surface area contributed by atoms with Gasteiger partial charge in [0.05, 0.1) is 11.1 Å². The molecule has 4 rings (SSSR count). The van der Waals surface area contributed by atoms with E-state index < -0.39 is 0 Å². The van der Waals surface area contributed by atoms with Crippen LogP contribution in [0.15, 0.2) is 42.5 Å². The molecule has 23 heavy (non-hydrogen) atoms. The maximum Gasteiger partial charge on any atom is 0.196 e. The maximum atomic E-state index is 12.9. The van der Waals surface area contributed by atoms with E-state index in [1.807, 2.05) is 25.1 Å². The van der Waals surface area contributed by atoms with Gasteiger partial charge < -0.3 is 4.98 Å². The summed E-state index contributed by atoms with van der Waals surface area (Å²) >= 11 is 0. The first-order valence-electron chi connectivity index (χ1n) is 7.58. The Morgan fingerprint density at radius 2 is 1.74 bits per heavy atom. The summed E-state index contributed by atoms with van der Waals surface area (Å²) in [7, 11) is 0. The summed E-state index contributed by atoms with van der Waals surface area (Å²) < 4.78 is 0. The van der Waals surface area contributed by atoms with Gasteiger partial charge in [-0.25, -0.2) is 4.98 Å². The monoisotopic (exact) mass is 302 g/mol. The summed E-state index contributed by atoms with van der Waals surface area (Å²) in [6.07, 6.45) is 4.78. The van der Waals surface area contributed by atoms with Crippen molar-refractivity contribution < 1.29 is 9.59 Å². The Balaban J connectivity index is 1.99. The fourth-order valence-electron chi connectivity index (χ4n) is 2.98. The first kappa shape index (κ1) is 13.6. The lowest BCUT2D eigenvalue weighted by atomic mass is 9.83. The van der Waals surface area contributed by atoms with Crippen molar-refractivity contribution in [3.63, 3.8) is 0 Å². The maximum absolute atomic E-state index is 12.9. The van der Waals surface area contributed by atoms with Crippen LogP contribution in [0.5, 0.6) is 0 Å². The fraction of sp³-hybridized carbons (Fsp3) is 0.105. The Kier molecular flexibility index (Phi) is 2.98. The molecule has 2 aromatic carbocycles. The van der Waals surface area contributed by atoms with Gasteiger partial charge >= 0.3 is 0 Å². The molecule has 0 saturated heterocycles. The summed E-state index contributed by atoms with van der Waals surface area (Å²) in [6, 6.07) is 10.5. The third kappa shape index (κ3) is 1.95. The standard InChI is InChI=1S/C19H14N2O2/c1-2-3-8-15-20-14-10-9-13-16(17(14)21-15)19(23)12-7-5-4-6-11(12)18(13)22/h3-10H,2H2,1H3,(H,20,21)/b8-3-. The largest absolute Gasteiger partial charge is 0.338 e. The quantitative estimate of drug-likeness (QED) is 0.613. The zero-order chi connectivity index (χ0) is 16.0. The van der Waals surface area contributed by atoms with Crippen molar-refractivity contribution in [3.8, 4) is 0 Å². The predicted octanol–water partition coefficient (Wildman–Crippen LogP) is 3.76. The second-order valence-electron chi connectivity index (χ2n) is 5.52. The SMILES string of the molecule is CC/C=C\c1nc2c3c(ccc2[nH]1)C(=O)c1ccccc1C3=O. The number of fused-ring (bicyclic) bond motifs is 4. The second kappa shape index (κ2) is 5.02. The van der Waals surface area contributed by atoms with E-state index in [0.717, 1.165) is 11.9 Å². The smallest absolute Gasteiger partial charge is 0.196 e. The predicted molar refractivity (Wildman–Crippen MR) is 88.7 cm³/mol. The number of aromatic amines is 1. The second-order valence-corrected chi connectivity index (χ2v) is 5.52. The zero-order valence-electron chi connectivity index (χ0n) is 12.6. The summed E-state index contributed by atoms with van der Waals surface area (Å²) in [5, 5.41) is 0.